The van der Waals surface area contributed by atoms with Crippen molar-refractivity contribution in [3.05, 3.63) is 47.5 Å². The first-order valence-corrected chi connectivity index (χ1v) is 11.3. The van der Waals surface area contributed by atoms with Crippen molar-refractivity contribution in [3.63, 3.8) is 0 Å². The third-order valence-corrected chi connectivity index (χ3v) is 5.38. The van der Waals surface area contributed by atoms with E-state index in [0.29, 0.717) is 36.2 Å². The number of aromatic nitrogens is 2. The van der Waals surface area contributed by atoms with E-state index < -0.39 is 6.17 Å². The lowest BCUT2D eigenvalue weighted by Gasteiger charge is -2.07. The number of hydrogen-bond donors (Lipinski definition) is 0. The Kier molecular flexibility index (Phi) is 10.8. The predicted octanol–water partition coefficient (Wildman–Crippen LogP) is 7.65. The molecule has 2 aromatic rings. The second-order valence-electron chi connectivity index (χ2n) is 8.12. The van der Waals surface area contributed by atoms with E-state index in [1.807, 2.05) is 18.5 Å². The van der Waals surface area contributed by atoms with Gasteiger partial charge in [-0.2, -0.15) is 0 Å². The van der Waals surface area contributed by atoms with Crippen molar-refractivity contribution in [1.82, 2.24) is 9.97 Å². The highest BCUT2D eigenvalue weighted by atomic mass is 19.1. The summed E-state index contributed by atoms with van der Waals surface area (Å²) in [5.74, 6) is 0.285. The number of hydrogen-bond acceptors (Lipinski definition) is 2. The monoisotopic (exact) mass is 402 g/mol. The van der Waals surface area contributed by atoms with Gasteiger partial charge in [-0.1, -0.05) is 64.0 Å². The largest absolute Gasteiger partial charge is 0.248 e. The maximum absolute atomic E-state index is 14.3. The predicted molar refractivity (Wildman–Crippen MR) is 117 cm³/mol. The zero-order valence-corrected chi connectivity index (χ0v) is 18.1. The summed E-state index contributed by atoms with van der Waals surface area (Å²) in [5, 5.41) is 0. The molecule has 4 heteroatoms. The molecule has 0 N–H and O–H groups in total. The number of alkyl halides is 1. The minimum absolute atomic E-state index is 0.263. The van der Waals surface area contributed by atoms with Crippen LogP contribution in [-0.4, -0.2) is 16.1 Å². The highest BCUT2D eigenvalue weighted by Gasteiger charge is 2.08. The first-order chi connectivity index (χ1) is 14.1. The fourth-order valence-corrected chi connectivity index (χ4v) is 3.56. The van der Waals surface area contributed by atoms with Crippen LogP contribution < -0.4 is 0 Å². The highest BCUT2D eigenvalue weighted by Crippen LogP contribution is 2.21. The molecule has 2 nitrogen and oxygen atoms in total. The SMILES string of the molecule is CCCCCCCCCCc1cnc(-c2ccc(CCCC(C)F)c(F)c2)nc1. The Labute approximate surface area is 175 Å². The Hall–Kier alpha value is -1.84. The zero-order valence-electron chi connectivity index (χ0n) is 18.1. The van der Waals surface area contributed by atoms with E-state index in [4.69, 9.17) is 0 Å². The Morgan fingerprint density at radius 1 is 0.862 bits per heavy atom. The highest BCUT2D eigenvalue weighted by molar-refractivity contribution is 5.55. The van der Waals surface area contributed by atoms with Crippen molar-refractivity contribution < 1.29 is 8.78 Å². The van der Waals surface area contributed by atoms with Gasteiger partial charge in [0.1, 0.15) is 5.82 Å². The molecule has 0 fully saturated rings. The van der Waals surface area contributed by atoms with E-state index in [1.54, 1.807) is 6.07 Å². The number of rotatable bonds is 14. The summed E-state index contributed by atoms with van der Waals surface area (Å²) in [7, 11) is 0. The molecule has 1 aromatic carbocycles. The van der Waals surface area contributed by atoms with E-state index >= 15 is 0 Å². The van der Waals surface area contributed by atoms with Crippen molar-refractivity contribution in [3.8, 4) is 11.4 Å². The second-order valence-corrected chi connectivity index (χ2v) is 8.12. The van der Waals surface area contributed by atoms with Crippen molar-refractivity contribution in [2.24, 2.45) is 0 Å². The molecule has 0 saturated carbocycles. The second kappa shape index (κ2) is 13.4. The third kappa shape index (κ3) is 9.01. The quantitative estimate of drug-likeness (QED) is 0.303. The first-order valence-electron chi connectivity index (χ1n) is 11.3. The molecule has 0 spiro atoms. The van der Waals surface area contributed by atoms with Gasteiger partial charge in [-0.05, 0) is 56.2 Å². The molecule has 0 aliphatic carbocycles. The van der Waals surface area contributed by atoms with Gasteiger partial charge in [0.25, 0.3) is 0 Å². The molecule has 0 amide bonds. The van der Waals surface area contributed by atoms with Crippen LogP contribution in [0.5, 0.6) is 0 Å². The van der Waals surface area contributed by atoms with Gasteiger partial charge in [0, 0.05) is 18.0 Å². The number of benzene rings is 1. The molecule has 1 atom stereocenters. The molecule has 160 valence electrons. The van der Waals surface area contributed by atoms with Crippen LogP contribution in [0.4, 0.5) is 8.78 Å². The molecular weight excluding hydrogens is 366 g/mol. The zero-order chi connectivity index (χ0) is 20.9. The lowest BCUT2D eigenvalue weighted by Crippen LogP contribution is -1.98. The first kappa shape index (κ1) is 23.4. The van der Waals surface area contributed by atoms with Crippen LogP contribution >= 0.6 is 0 Å². The van der Waals surface area contributed by atoms with Gasteiger partial charge < -0.3 is 0 Å². The fraction of sp³-hybridized carbons (Fsp3) is 0.600. The molecule has 0 radical (unpaired) electrons. The maximum atomic E-state index is 14.3. The summed E-state index contributed by atoms with van der Waals surface area (Å²) in [6.45, 7) is 3.78. The Balaban J connectivity index is 1.77. The van der Waals surface area contributed by atoms with Crippen LogP contribution in [0, 0.1) is 5.82 Å². The van der Waals surface area contributed by atoms with Gasteiger partial charge in [-0.3, -0.25) is 0 Å². The van der Waals surface area contributed by atoms with Crippen molar-refractivity contribution >= 4 is 0 Å². The molecule has 0 aliphatic rings. The van der Waals surface area contributed by atoms with E-state index in [-0.39, 0.29) is 5.82 Å². The summed E-state index contributed by atoms with van der Waals surface area (Å²) >= 11 is 0. The Morgan fingerprint density at radius 3 is 2.14 bits per heavy atom. The van der Waals surface area contributed by atoms with Gasteiger partial charge in [0.2, 0.25) is 0 Å². The van der Waals surface area contributed by atoms with Gasteiger partial charge in [-0.25, -0.2) is 18.7 Å². The van der Waals surface area contributed by atoms with Crippen LogP contribution in [0.3, 0.4) is 0 Å². The summed E-state index contributed by atoms with van der Waals surface area (Å²) in [6, 6.07) is 5.11. The van der Waals surface area contributed by atoms with Gasteiger partial charge >= 0.3 is 0 Å². The lowest BCUT2D eigenvalue weighted by molar-refractivity contribution is 0.334. The van der Waals surface area contributed by atoms with Crippen molar-refractivity contribution in [1.29, 1.82) is 0 Å². The molecule has 29 heavy (non-hydrogen) atoms. The summed E-state index contributed by atoms with van der Waals surface area (Å²) in [4.78, 5) is 8.85. The Bertz CT molecular complexity index is 698. The van der Waals surface area contributed by atoms with Crippen LogP contribution in [0.2, 0.25) is 0 Å². The van der Waals surface area contributed by atoms with E-state index in [1.165, 1.54) is 57.9 Å². The molecule has 1 aromatic heterocycles. The molecule has 0 saturated heterocycles. The number of aryl methyl sites for hydroxylation is 2. The summed E-state index contributed by atoms with van der Waals surface area (Å²) < 4.78 is 27.2. The third-order valence-electron chi connectivity index (χ3n) is 5.38. The minimum Gasteiger partial charge on any atom is -0.248 e. The number of unbranched alkanes of at least 4 members (excludes halogenated alkanes) is 7. The molecule has 1 unspecified atom stereocenters. The molecule has 1 heterocycles. The Morgan fingerprint density at radius 2 is 1.52 bits per heavy atom. The normalized spacial score (nSPS) is 12.3. The average molecular weight is 403 g/mol. The molecule has 0 aliphatic heterocycles. The molecule has 2 rings (SSSR count). The van der Waals surface area contributed by atoms with Crippen LogP contribution in [0.1, 0.15) is 89.2 Å². The average Bonchev–Trinajstić information content (AvgIpc) is 2.71. The summed E-state index contributed by atoms with van der Waals surface area (Å²) in [5.41, 5.74) is 2.45. The van der Waals surface area contributed by atoms with E-state index in [0.717, 1.165) is 18.4 Å². The van der Waals surface area contributed by atoms with E-state index in [2.05, 4.69) is 16.9 Å². The standard InChI is InChI=1S/C25H36F2N2/c1-3-4-5-6-7-8-9-10-13-21-18-28-25(29-19-21)23-16-15-22(24(27)17-23)14-11-12-20(2)26/h15-20H,3-14H2,1-2H3. The number of nitrogens with zero attached hydrogens (tertiary/aromatic N) is 2. The minimum atomic E-state index is -0.838. The van der Waals surface area contributed by atoms with Crippen LogP contribution in [-0.2, 0) is 12.8 Å². The molecule has 0 bridgehead atoms. The fourth-order valence-electron chi connectivity index (χ4n) is 3.56. The van der Waals surface area contributed by atoms with Gasteiger partial charge in [-0.15, -0.1) is 0 Å². The number of halogens is 2. The van der Waals surface area contributed by atoms with Gasteiger partial charge in [0.15, 0.2) is 5.82 Å². The molecular formula is C25H36F2N2. The van der Waals surface area contributed by atoms with Gasteiger partial charge in [0.05, 0.1) is 6.17 Å². The lowest BCUT2D eigenvalue weighted by atomic mass is 10.0. The van der Waals surface area contributed by atoms with Crippen LogP contribution in [0.25, 0.3) is 11.4 Å². The summed E-state index contributed by atoms with van der Waals surface area (Å²) in [6.07, 6.45) is 16.0. The van der Waals surface area contributed by atoms with E-state index in [9.17, 15) is 8.78 Å². The topological polar surface area (TPSA) is 25.8 Å². The van der Waals surface area contributed by atoms with Crippen molar-refractivity contribution in [2.45, 2.75) is 97.1 Å². The van der Waals surface area contributed by atoms with Crippen molar-refractivity contribution in [2.75, 3.05) is 0 Å². The maximum Gasteiger partial charge on any atom is 0.159 e. The van der Waals surface area contributed by atoms with Crippen LogP contribution in [0.15, 0.2) is 30.6 Å². The smallest absolute Gasteiger partial charge is 0.159 e.